The Hall–Kier alpha value is -3.32. The molecule has 2 aromatic rings. The van der Waals surface area contributed by atoms with Crippen LogP contribution >= 0.6 is 0 Å². The van der Waals surface area contributed by atoms with Gasteiger partial charge in [0.05, 0.1) is 21.8 Å². The van der Waals surface area contributed by atoms with E-state index >= 15 is 0 Å². The summed E-state index contributed by atoms with van der Waals surface area (Å²) in [4.78, 5) is 24.7. The van der Waals surface area contributed by atoms with E-state index in [1.807, 2.05) is 7.05 Å². The zero-order chi connectivity index (χ0) is 25.7. The highest BCUT2D eigenvalue weighted by atomic mass is 32.2. The Bertz CT molecular complexity index is 1150. The predicted octanol–water partition coefficient (Wildman–Crippen LogP) is 2.88. The lowest BCUT2D eigenvalue weighted by Crippen LogP contribution is -2.44. The second-order valence-corrected chi connectivity index (χ2v) is 9.15. The van der Waals surface area contributed by atoms with Crippen LogP contribution in [-0.4, -0.2) is 74.9 Å². The minimum Gasteiger partial charge on any atom is -0.478 e. The van der Waals surface area contributed by atoms with Crippen LogP contribution in [0.5, 0.6) is 0 Å². The third-order valence-electron chi connectivity index (χ3n) is 4.96. The maximum absolute atomic E-state index is 12.9. The molecule has 1 aliphatic heterocycles. The minimum atomic E-state index is -5.08. The normalized spacial score (nSPS) is 14.7. The van der Waals surface area contributed by atoms with Gasteiger partial charge in [-0.05, 0) is 43.8 Å². The molecule has 1 heterocycles. The van der Waals surface area contributed by atoms with E-state index in [9.17, 15) is 31.5 Å². The molecule has 0 unspecified atom stereocenters. The van der Waals surface area contributed by atoms with Crippen LogP contribution < -0.4 is 9.62 Å². The standard InChI is InChI=1S/C19H23N3O4S.C2HF3O2/c1-14-5-3-4-6-18(14)27(25,26)20-16-13-15(19(23)24)7-8-17(16)22-11-9-21(2)10-12-22;3-2(4,5)1(6)7/h3-8,13,20H,9-12H2,1-2H3,(H,23,24);(H,6,7). The average Bonchev–Trinajstić information content (AvgIpc) is 2.74. The summed E-state index contributed by atoms with van der Waals surface area (Å²) in [6.45, 7) is 4.91. The Morgan fingerprint density at radius 1 is 1.00 bits per heavy atom. The molecule has 9 nitrogen and oxygen atoms in total. The van der Waals surface area contributed by atoms with Crippen molar-refractivity contribution in [2.75, 3.05) is 42.8 Å². The number of carboxylic acids is 2. The molecular weight excluding hydrogens is 479 g/mol. The number of piperazine rings is 1. The number of benzene rings is 2. The van der Waals surface area contributed by atoms with Crippen LogP contribution in [0.3, 0.4) is 0 Å². The van der Waals surface area contributed by atoms with E-state index in [1.54, 1.807) is 31.2 Å². The van der Waals surface area contributed by atoms with Crippen molar-refractivity contribution in [2.24, 2.45) is 0 Å². The number of aryl methyl sites for hydroxylation is 1. The van der Waals surface area contributed by atoms with Crippen LogP contribution in [-0.2, 0) is 14.8 Å². The Balaban J connectivity index is 0.000000509. The maximum Gasteiger partial charge on any atom is 0.490 e. The van der Waals surface area contributed by atoms with Gasteiger partial charge in [0, 0.05) is 26.2 Å². The van der Waals surface area contributed by atoms with Crippen LogP contribution in [0.2, 0.25) is 0 Å². The van der Waals surface area contributed by atoms with E-state index in [0.717, 1.165) is 26.2 Å². The molecule has 0 atom stereocenters. The second-order valence-electron chi connectivity index (χ2n) is 7.50. The van der Waals surface area contributed by atoms with Crippen LogP contribution in [0, 0.1) is 6.92 Å². The number of likely N-dealkylation sites (N-methyl/N-ethyl adjacent to an activating group) is 1. The van der Waals surface area contributed by atoms with Gasteiger partial charge in [0.15, 0.2) is 0 Å². The van der Waals surface area contributed by atoms with E-state index in [1.165, 1.54) is 18.2 Å². The van der Waals surface area contributed by atoms with E-state index < -0.39 is 28.1 Å². The number of carbonyl (C=O) groups is 2. The Labute approximate surface area is 194 Å². The van der Waals surface area contributed by atoms with Crippen molar-refractivity contribution >= 4 is 33.3 Å². The molecule has 3 rings (SSSR count). The topological polar surface area (TPSA) is 127 Å². The summed E-state index contributed by atoms with van der Waals surface area (Å²) in [5, 5.41) is 16.4. The fourth-order valence-corrected chi connectivity index (χ4v) is 4.44. The monoisotopic (exact) mass is 503 g/mol. The first-order valence-corrected chi connectivity index (χ1v) is 11.4. The van der Waals surface area contributed by atoms with Gasteiger partial charge in [0.2, 0.25) is 0 Å². The first-order valence-electron chi connectivity index (χ1n) is 9.92. The van der Waals surface area contributed by atoms with Crippen molar-refractivity contribution in [2.45, 2.75) is 18.0 Å². The number of carboxylic acid groups (broad SMARTS) is 2. The molecule has 1 aliphatic rings. The lowest BCUT2D eigenvalue weighted by molar-refractivity contribution is -0.192. The lowest BCUT2D eigenvalue weighted by atomic mass is 10.1. The number of hydrogen-bond acceptors (Lipinski definition) is 6. The Morgan fingerprint density at radius 3 is 2.06 bits per heavy atom. The SMILES string of the molecule is Cc1ccccc1S(=O)(=O)Nc1cc(C(=O)O)ccc1N1CCN(C)CC1.O=C(O)C(F)(F)F. The summed E-state index contributed by atoms with van der Waals surface area (Å²) in [5.41, 5.74) is 1.63. The zero-order valence-electron chi connectivity index (χ0n) is 18.3. The molecule has 2 aromatic carbocycles. The van der Waals surface area contributed by atoms with Gasteiger partial charge in [-0.2, -0.15) is 13.2 Å². The molecule has 0 aliphatic carbocycles. The van der Waals surface area contributed by atoms with Crippen LogP contribution in [0.4, 0.5) is 24.5 Å². The molecule has 1 saturated heterocycles. The number of alkyl halides is 3. The number of hydrogen-bond donors (Lipinski definition) is 3. The molecule has 0 bridgehead atoms. The number of rotatable bonds is 5. The number of aliphatic carboxylic acids is 1. The third kappa shape index (κ3) is 7.09. The smallest absolute Gasteiger partial charge is 0.478 e. The van der Waals surface area contributed by atoms with E-state index in [0.29, 0.717) is 11.3 Å². The van der Waals surface area contributed by atoms with Gasteiger partial charge >= 0.3 is 18.1 Å². The number of halogens is 3. The molecule has 0 aromatic heterocycles. The number of nitrogens with zero attached hydrogens (tertiary/aromatic N) is 2. The third-order valence-corrected chi connectivity index (χ3v) is 6.48. The van der Waals surface area contributed by atoms with Crippen LogP contribution in [0.15, 0.2) is 47.4 Å². The second kappa shape index (κ2) is 10.7. The summed E-state index contributed by atoms with van der Waals surface area (Å²) < 4.78 is 60.1. The first-order chi connectivity index (χ1) is 15.7. The number of sulfonamides is 1. The minimum absolute atomic E-state index is 0.0374. The van der Waals surface area contributed by atoms with Crippen molar-refractivity contribution < 1.29 is 41.4 Å². The highest BCUT2D eigenvalue weighted by Crippen LogP contribution is 2.31. The summed E-state index contributed by atoms with van der Waals surface area (Å²) in [6, 6.07) is 11.3. The summed E-state index contributed by atoms with van der Waals surface area (Å²) in [5.74, 6) is -3.86. The zero-order valence-corrected chi connectivity index (χ0v) is 19.2. The van der Waals surface area contributed by atoms with E-state index in [4.69, 9.17) is 9.90 Å². The van der Waals surface area contributed by atoms with Gasteiger partial charge < -0.3 is 20.0 Å². The summed E-state index contributed by atoms with van der Waals surface area (Å²) in [6.07, 6.45) is -5.08. The van der Waals surface area contributed by atoms with Gasteiger partial charge in [0.25, 0.3) is 10.0 Å². The van der Waals surface area contributed by atoms with Crippen molar-refractivity contribution in [3.8, 4) is 0 Å². The molecule has 1 fully saturated rings. The first kappa shape index (κ1) is 26.9. The maximum atomic E-state index is 12.9. The molecule has 3 N–H and O–H groups in total. The molecule has 0 radical (unpaired) electrons. The predicted molar refractivity (Wildman–Crippen MR) is 119 cm³/mol. The average molecular weight is 503 g/mol. The van der Waals surface area contributed by atoms with Crippen LogP contribution in [0.1, 0.15) is 15.9 Å². The van der Waals surface area contributed by atoms with Gasteiger partial charge in [-0.25, -0.2) is 18.0 Å². The molecule has 186 valence electrons. The molecular formula is C21H24F3N3O6S. The number of nitrogens with one attached hydrogen (secondary N) is 1. The Kier molecular flexibility index (Phi) is 8.51. The molecule has 34 heavy (non-hydrogen) atoms. The highest BCUT2D eigenvalue weighted by Gasteiger charge is 2.38. The summed E-state index contributed by atoms with van der Waals surface area (Å²) >= 11 is 0. The molecule has 13 heteroatoms. The Morgan fingerprint density at radius 2 is 1.56 bits per heavy atom. The molecule has 0 spiro atoms. The van der Waals surface area contributed by atoms with Crippen molar-refractivity contribution in [3.63, 3.8) is 0 Å². The van der Waals surface area contributed by atoms with Crippen molar-refractivity contribution in [3.05, 3.63) is 53.6 Å². The van der Waals surface area contributed by atoms with E-state index in [2.05, 4.69) is 14.5 Å². The van der Waals surface area contributed by atoms with Crippen LogP contribution in [0.25, 0.3) is 0 Å². The van der Waals surface area contributed by atoms with Crippen molar-refractivity contribution in [1.29, 1.82) is 0 Å². The summed E-state index contributed by atoms with van der Waals surface area (Å²) in [7, 11) is -1.80. The van der Waals surface area contributed by atoms with E-state index in [-0.39, 0.29) is 16.1 Å². The van der Waals surface area contributed by atoms with Gasteiger partial charge in [-0.1, -0.05) is 18.2 Å². The van der Waals surface area contributed by atoms with Gasteiger partial charge in [-0.15, -0.1) is 0 Å². The van der Waals surface area contributed by atoms with Gasteiger partial charge in [0.1, 0.15) is 0 Å². The molecule has 0 amide bonds. The lowest BCUT2D eigenvalue weighted by Gasteiger charge is -2.35. The van der Waals surface area contributed by atoms with Crippen molar-refractivity contribution in [1.82, 2.24) is 4.90 Å². The largest absolute Gasteiger partial charge is 0.490 e. The molecule has 0 saturated carbocycles. The fourth-order valence-electron chi connectivity index (χ4n) is 3.13. The quantitative estimate of drug-likeness (QED) is 0.569. The number of aromatic carboxylic acids is 1. The number of anilines is 2. The highest BCUT2D eigenvalue weighted by molar-refractivity contribution is 7.92. The fraction of sp³-hybridized carbons (Fsp3) is 0.333. The van der Waals surface area contributed by atoms with Gasteiger partial charge in [-0.3, -0.25) is 4.72 Å².